The first-order valence-electron chi connectivity index (χ1n) is 7.41. The van der Waals surface area contributed by atoms with Crippen LogP contribution in [0.5, 0.6) is 5.75 Å². The summed E-state index contributed by atoms with van der Waals surface area (Å²) < 4.78 is 5.82. The molecule has 0 bridgehead atoms. The minimum absolute atomic E-state index is 0. The lowest BCUT2D eigenvalue weighted by Crippen LogP contribution is -2.31. The maximum atomic E-state index is 9.18. The topological polar surface area (TPSA) is 41.5 Å². The SMILES string of the molecule is CCC(CO)NCc1cccc(OCc2ccccc2)c1.Cl. The fourth-order valence-electron chi connectivity index (χ4n) is 2.09. The Morgan fingerprint density at radius 3 is 2.45 bits per heavy atom. The van der Waals surface area contributed by atoms with Crippen molar-refractivity contribution in [2.75, 3.05) is 6.61 Å². The summed E-state index contributed by atoms with van der Waals surface area (Å²) in [7, 11) is 0. The van der Waals surface area contributed by atoms with E-state index in [0.29, 0.717) is 6.61 Å². The van der Waals surface area contributed by atoms with E-state index in [1.54, 1.807) is 0 Å². The molecule has 120 valence electrons. The number of ether oxygens (including phenoxy) is 1. The standard InChI is InChI=1S/C18H23NO2.ClH/c1-2-17(13-20)19-12-16-9-6-10-18(11-16)21-14-15-7-4-3-5-8-15;/h3-11,17,19-20H,2,12-14H2,1H3;1H. The fraction of sp³-hybridized carbons (Fsp3) is 0.333. The van der Waals surface area contributed by atoms with Gasteiger partial charge in [0.1, 0.15) is 12.4 Å². The fourth-order valence-corrected chi connectivity index (χ4v) is 2.09. The number of benzene rings is 2. The van der Waals surface area contributed by atoms with Crippen LogP contribution in [0.15, 0.2) is 54.6 Å². The van der Waals surface area contributed by atoms with E-state index in [1.807, 2.05) is 36.4 Å². The van der Waals surface area contributed by atoms with Crippen molar-refractivity contribution in [3.63, 3.8) is 0 Å². The second-order valence-electron chi connectivity index (χ2n) is 5.09. The molecule has 0 fully saturated rings. The summed E-state index contributed by atoms with van der Waals surface area (Å²) in [5, 5.41) is 12.5. The summed E-state index contributed by atoms with van der Waals surface area (Å²) in [6.07, 6.45) is 0.917. The quantitative estimate of drug-likeness (QED) is 0.781. The number of nitrogens with one attached hydrogen (secondary N) is 1. The minimum Gasteiger partial charge on any atom is -0.489 e. The second-order valence-corrected chi connectivity index (χ2v) is 5.09. The van der Waals surface area contributed by atoms with Crippen LogP contribution in [-0.4, -0.2) is 17.8 Å². The molecule has 0 aliphatic heterocycles. The Labute approximate surface area is 138 Å². The molecule has 0 aliphatic rings. The van der Waals surface area contributed by atoms with Gasteiger partial charge in [-0.25, -0.2) is 0 Å². The molecule has 0 saturated carbocycles. The van der Waals surface area contributed by atoms with Gasteiger partial charge in [-0.3, -0.25) is 0 Å². The molecule has 4 heteroatoms. The minimum atomic E-state index is 0. The summed E-state index contributed by atoms with van der Waals surface area (Å²) in [5.41, 5.74) is 2.32. The molecule has 0 aliphatic carbocycles. The van der Waals surface area contributed by atoms with Crippen LogP contribution in [-0.2, 0) is 13.2 Å². The first-order valence-corrected chi connectivity index (χ1v) is 7.41. The monoisotopic (exact) mass is 321 g/mol. The van der Waals surface area contributed by atoms with Crippen LogP contribution in [0.2, 0.25) is 0 Å². The average Bonchev–Trinajstić information content (AvgIpc) is 2.55. The summed E-state index contributed by atoms with van der Waals surface area (Å²) in [6.45, 7) is 3.54. The largest absolute Gasteiger partial charge is 0.489 e. The van der Waals surface area contributed by atoms with E-state index in [-0.39, 0.29) is 25.1 Å². The van der Waals surface area contributed by atoms with Crippen LogP contribution in [0.25, 0.3) is 0 Å². The molecule has 2 rings (SSSR count). The van der Waals surface area contributed by atoms with Gasteiger partial charge in [0, 0.05) is 12.6 Å². The number of hydrogen-bond acceptors (Lipinski definition) is 3. The van der Waals surface area contributed by atoms with Crippen LogP contribution < -0.4 is 10.1 Å². The van der Waals surface area contributed by atoms with E-state index >= 15 is 0 Å². The molecule has 3 nitrogen and oxygen atoms in total. The summed E-state index contributed by atoms with van der Waals surface area (Å²) in [5.74, 6) is 0.871. The molecule has 0 radical (unpaired) electrons. The van der Waals surface area contributed by atoms with E-state index in [1.165, 1.54) is 0 Å². The first kappa shape index (κ1) is 18.5. The predicted octanol–water partition coefficient (Wildman–Crippen LogP) is 3.55. The number of halogens is 1. The van der Waals surface area contributed by atoms with E-state index in [9.17, 15) is 5.11 Å². The number of rotatable bonds is 8. The van der Waals surface area contributed by atoms with Crippen molar-refractivity contribution in [2.24, 2.45) is 0 Å². The van der Waals surface area contributed by atoms with Gasteiger partial charge in [0.05, 0.1) is 6.61 Å². The van der Waals surface area contributed by atoms with Gasteiger partial charge < -0.3 is 15.2 Å². The van der Waals surface area contributed by atoms with E-state index < -0.39 is 0 Å². The number of hydrogen-bond donors (Lipinski definition) is 2. The summed E-state index contributed by atoms with van der Waals surface area (Å²) >= 11 is 0. The molecule has 2 N–H and O–H groups in total. The highest BCUT2D eigenvalue weighted by atomic mass is 35.5. The lowest BCUT2D eigenvalue weighted by Gasteiger charge is -2.14. The zero-order chi connectivity index (χ0) is 14.9. The summed E-state index contributed by atoms with van der Waals surface area (Å²) in [4.78, 5) is 0. The molecule has 0 spiro atoms. The molecule has 0 heterocycles. The number of aliphatic hydroxyl groups excluding tert-OH is 1. The van der Waals surface area contributed by atoms with Gasteiger partial charge in [0.25, 0.3) is 0 Å². The van der Waals surface area contributed by atoms with Crippen molar-refractivity contribution in [3.8, 4) is 5.75 Å². The maximum absolute atomic E-state index is 9.18. The third kappa shape index (κ3) is 6.06. The second kappa shape index (κ2) is 10.2. The molecule has 22 heavy (non-hydrogen) atoms. The third-order valence-electron chi connectivity index (χ3n) is 3.45. The lowest BCUT2D eigenvalue weighted by molar-refractivity contribution is 0.238. The smallest absolute Gasteiger partial charge is 0.120 e. The highest BCUT2D eigenvalue weighted by Crippen LogP contribution is 2.15. The van der Waals surface area contributed by atoms with Crippen molar-refractivity contribution < 1.29 is 9.84 Å². The van der Waals surface area contributed by atoms with Gasteiger partial charge in [0.15, 0.2) is 0 Å². The van der Waals surface area contributed by atoms with Crippen molar-refractivity contribution in [1.82, 2.24) is 5.32 Å². The molecule has 0 amide bonds. The Morgan fingerprint density at radius 1 is 1.05 bits per heavy atom. The predicted molar refractivity (Wildman–Crippen MR) is 92.5 cm³/mol. The van der Waals surface area contributed by atoms with Crippen LogP contribution >= 0.6 is 12.4 Å². The highest BCUT2D eigenvalue weighted by molar-refractivity contribution is 5.85. The maximum Gasteiger partial charge on any atom is 0.120 e. The first-order chi connectivity index (χ1) is 10.3. The molecular formula is C18H24ClNO2. The van der Waals surface area contributed by atoms with Crippen molar-refractivity contribution in [3.05, 3.63) is 65.7 Å². The van der Waals surface area contributed by atoms with Crippen LogP contribution in [0.4, 0.5) is 0 Å². The molecule has 2 aromatic carbocycles. The Morgan fingerprint density at radius 2 is 1.77 bits per heavy atom. The number of aliphatic hydroxyl groups is 1. The van der Waals surface area contributed by atoms with Crippen molar-refractivity contribution in [2.45, 2.75) is 32.5 Å². The molecule has 1 unspecified atom stereocenters. The van der Waals surface area contributed by atoms with Crippen LogP contribution in [0, 0.1) is 0 Å². The average molecular weight is 322 g/mol. The highest BCUT2D eigenvalue weighted by Gasteiger charge is 2.04. The Hall–Kier alpha value is -1.55. The summed E-state index contributed by atoms with van der Waals surface area (Å²) in [6, 6.07) is 18.4. The van der Waals surface area contributed by atoms with Gasteiger partial charge >= 0.3 is 0 Å². The Kier molecular flexibility index (Phi) is 8.60. The van der Waals surface area contributed by atoms with Gasteiger partial charge in [-0.2, -0.15) is 0 Å². The molecule has 1 atom stereocenters. The van der Waals surface area contributed by atoms with E-state index in [2.05, 4.69) is 30.4 Å². The van der Waals surface area contributed by atoms with Crippen LogP contribution in [0.3, 0.4) is 0 Å². The molecule has 2 aromatic rings. The molecular weight excluding hydrogens is 298 g/mol. The Bertz CT molecular complexity index is 530. The van der Waals surface area contributed by atoms with E-state index in [0.717, 1.165) is 29.8 Å². The van der Waals surface area contributed by atoms with Crippen molar-refractivity contribution in [1.29, 1.82) is 0 Å². The Balaban J connectivity index is 0.00000242. The molecule has 0 aromatic heterocycles. The van der Waals surface area contributed by atoms with E-state index in [4.69, 9.17) is 4.74 Å². The zero-order valence-corrected chi connectivity index (χ0v) is 13.7. The third-order valence-corrected chi connectivity index (χ3v) is 3.45. The van der Waals surface area contributed by atoms with Gasteiger partial charge in [-0.15, -0.1) is 12.4 Å². The lowest BCUT2D eigenvalue weighted by atomic mass is 10.2. The van der Waals surface area contributed by atoms with Gasteiger partial charge in [-0.05, 0) is 29.7 Å². The zero-order valence-electron chi connectivity index (χ0n) is 12.9. The van der Waals surface area contributed by atoms with Gasteiger partial charge in [-0.1, -0.05) is 49.4 Å². The van der Waals surface area contributed by atoms with Gasteiger partial charge in [0.2, 0.25) is 0 Å². The molecule has 0 saturated heterocycles. The normalized spacial score (nSPS) is 11.5. The van der Waals surface area contributed by atoms with Crippen molar-refractivity contribution >= 4 is 12.4 Å². The van der Waals surface area contributed by atoms with Crippen LogP contribution in [0.1, 0.15) is 24.5 Å².